The lowest BCUT2D eigenvalue weighted by Crippen LogP contribution is -1.97. The van der Waals surface area contributed by atoms with E-state index in [1.54, 1.807) is 24.3 Å². The van der Waals surface area contributed by atoms with E-state index < -0.39 is 23.3 Å². The average Bonchev–Trinajstić information content (AvgIpc) is 3.29. The van der Waals surface area contributed by atoms with Crippen LogP contribution in [0.15, 0.2) is 72.8 Å². The van der Waals surface area contributed by atoms with E-state index in [4.69, 9.17) is 9.47 Å². The molecule has 0 unspecified atom stereocenters. The fraction of sp³-hybridized carbons (Fsp3) is 0.429. The summed E-state index contributed by atoms with van der Waals surface area (Å²) in [4.78, 5) is 0. The Morgan fingerprint density at radius 3 is 1.12 bits per heavy atom. The molecule has 0 amide bonds. The van der Waals surface area contributed by atoms with Crippen LogP contribution in [0.4, 0.5) is 17.6 Å². The molecule has 64 heavy (non-hydrogen) atoms. The summed E-state index contributed by atoms with van der Waals surface area (Å²) >= 11 is 0. The Morgan fingerprint density at radius 1 is 0.391 bits per heavy atom. The Labute approximate surface area is 389 Å². The molecule has 4 aromatic rings. The number of rotatable bonds is 25. The van der Waals surface area contributed by atoms with Crippen molar-refractivity contribution in [1.29, 1.82) is 0 Å². The van der Waals surface area contributed by atoms with Crippen molar-refractivity contribution in [2.24, 2.45) is 0 Å². The lowest BCUT2D eigenvalue weighted by Gasteiger charge is -2.06. The van der Waals surface area contributed by atoms with Gasteiger partial charge in [0.25, 0.3) is 0 Å². The van der Waals surface area contributed by atoms with Crippen molar-refractivity contribution in [1.82, 2.24) is 0 Å². The third kappa shape index (κ3) is 21.2. The number of hydrogen-bond donors (Lipinski definition) is 0. The zero-order chi connectivity index (χ0) is 45.5. The van der Waals surface area contributed by atoms with Gasteiger partial charge in [0, 0.05) is 46.6 Å². The molecule has 2 nitrogen and oxygen atoms in total. The number of benzene rings is 4. The molecular formula is C56H62F4O2S2. The molecule has 0 bridgehead atoms. The topological polar surface area (TPSA) is 18.5 Å². The van der Waals surface area contributed by atoms with E-state index in [0.717, 1.165) is 74.4 Å². The Hall–Kier alpha value is -4.86. The van der Waals surface area contributed by atoms with Gasteiger partial charge in [-0.3, -0.25) is 0 Å². The molecule has 8 heteroatoms. The van der Waals surface area contributed by atoms with Crippen LogP contribution in [-0.4, -0.2) is 24.7 Å². The van der Waals surface area contributed by atoms with Crippen molar-refractivity contribution in [2.45, 2.75) is 129 Å². The molecule has 0 aliphatic rings. The molecule has 0 aromatic heterocycles. The smallest absolute Gasteiger partial charge is 0.143 e. The lowest BCUT2D eigenvalue weighted by molar-refractivity contribution is 0.304. The lowest BCUT2D eigenvalue weighted by atomic mass is 10.1. The predicted octanol–water partition coefficient (Wildman–Crippen LogP) is 15.6. The number of halogens is 4. The number of ether oxygens (including phenoxy) is 2. The highest BCUT2D eigenvalue weighted by atomic mass is 33.1. The van der Waals surface area contributed by atoms with Crippen molar-refractivity contribution in [3.8, 4) is 58.9 Å². The fourth-order valence-corrected chi connectivity index (χ4v) is 8.70. The molecule has 0 atom stereocenters. The highest BCUT2D eigenvalue weighted by molar-refractivity contribution is 8.76. The van der Waals surface area contributed by atoms with Crippen molar-refractivity contribution < 1.29 is 27.0 Å². The van der Waals surface area contributed by atoms with Gasteiger partial charge in [-0.05, 0) is 111 Å². The minimum atomic E-state index is -0.725. The van der Waals surface area contributed by atoms with E-state index in [2.05, 4.69) is 61.2 Å². The minimum absolute atomic E-state index is 0.268. The Morgan fingerprint density at radius 2 is 0.750 bits per heavy atom. The van der Waals surface area contributed by atoms with Gasteiger partial charge in [-0.2, -0.15) is 0 Å². The summed E-state index contributed by atoms with van der Waals surface area (Å²) in [5, 5.41) is 0. The van der Waals surface area contributed by atoms with Gasteiger partial charge in [0.05, 0.1) is 24.3 Å². The standard InChI is InChI=1S/C56H62F4O2S2/c1-3-5-7-9-13-19-37-61-49-31-25-45(26-32-49)29-35-51-53(57)41-47(42-54(51)58)23-17-11-15-21-39-63-64-40-22-16-12-18-24-48-43-55(59)52(56(60)44-48)36-30-46-27-33-50(34-28-46)62-38-20-14-10-8-6-4-2/h25-28,31-34,41-44H,3-16,19-22,37-40H2,1-2H3. The van der Waals surface area contributed by atoms with Gasteiger partial charge in [0.2, 0.25) is 0 Å². The monoisotopic (exact) mass is 906 g/mol. The average molecular weight is 907 g/mol. The Kier molecular flexibility index (Phi) is 25.8. The van der Waals surface area contributed by atoms with Crippen LogP contribution in [-0.2, 0) is 0 Å². The Bertz CT molecular complexity index is 2040. The third-order valence-corrected chi connectivity index (χ3v) is 12.7. The number of unbranched alkanes of at least 4 members (excludes halogenated alkanes) is 14. The highest BCUT2D eigenvalue weighted by Gasteiger charge is 2.10. The van der Waals surface area contributed by atoms with Gasteiger partial charge in [0.1, 0.15) is 34.8 Å². The summed E-state index contributed by atoms with van der Waals surface area (Å²) < 4.78 is 70.7. The van der Waals surface area contributed by atoms with E-state index >= 15 is 0 Å². The summed E-state index contributed by atoms with van der Waals surface area (Å²) in [5.74, 6) is 23.4. The minimum Gasteiger partial charge on any atom is -0.494 e. The van der Waals surface area contributed by atoms with Crippen LogP contribution in [0.2, 0.25) is 0 Å². The first-order chi connectivity index (χ1) is 31.4. The summed E-state index contributed by atoms with van der Waals surface area (Å²) in [6.45, 7) is 5.76. The molecular weight excluding hydrogens is 845 g/mol. The summed E-state index contributed by atoms with van der Waals surface area (Å²) in [5.41, 5.74) is 1.35. The molecule has 338 valence electrons. The SMILES string of the molecule is CCCCCCCCOc1ccc(C#Cc2c(F)cc(C#CCCCCSSCCCCC#Cc3cc(F)c(C#Cc4ccc(OCCCCCCCC)cc4)c(F)c3)cc2F)cc1. The summed E-state index contributed by atoms with van der Waals surface area (Å²) in [6.07, 6.45) is 19.5. The fourth-order valence-electron chi connectivity index (χ4n) is 6.41. The van der Waals surface area contributed by atoms with Gasteiger partial charge >= 0.3 is 0 Å². The molecule has 0 aliphatic carbocycles. The summed E-state index contributed by atoms with van der Waals surface area (Å²) in [6, 6.07) is 19.4. The van der Waals surface area contributed by atoms with Crippen LogP contribution in [0, 0.1) is 70.6 Å². The van der Waals surface area contributed by atoms with Crippen LogP contribution in [0.5, 0.6) is 11.5 Å². The van der Waals surface area contributed by atoms with Crippen LogP contribution in [0.1, 0.15) is 163 Å². The van der Waals surface area contributed by atoms with Crippen molar-refractivity contribution in [2.75, 3.05) is 24.7 Å². The van der Waals surface area contributed by atoms with E-state index in [1.807, 2.05) is 45.9 Å². The molecule has 0 saturated carbocycles. The normalized spacial score (nSPS) is 10.4. The van der Waals surface area contributed by atoms with Gasteiger partial charge in [-0.15, -0.1) is 0 Å². The first-order valence-electron chi connectivity index (χ1n) is 23.1. The van der Waals surface area contributed by atoms with Gasteiger partial charge in [-0.1, -0.05) is 147 Å². The molecule has 4 aromatic carbocycles. The van der Waals surface area contributed by atoms with Gasteiger partial charge in [-0.25, -0.2) is 17.6 Å². The summed E-state index contributed by atoms with van der Waals surface area (Å²) in [7, 11) is 3.62. The third-order valence-electron chi connectivity index (χ3n) is 10.1. The first-order valence-corrected chi connectivity index (χ1v) is 25.5. The van der Waals surface area contributed by atoms with E-state index in [0.29, 0.717) is 48.3 Å². The molecule has 0 radical (unpaired) electrons. The Balaban J connectivity index is 1.05. The molecule has 0 saturated heterocycles. The van der Waals surface area contributed by atoms with Crippen LogP contribution >= 0.6 is 21.6 Å². The molecule has 0 heterocycles. The predicted molar refractivity (Wildman–Crippen MR) is 262 cm³/mol. The first kappa shape index (κ1) is 51.8. The molecule has 4 rings (SSSR count). The second kappa shape index (κ2) is 31.9. The highest BCUT2D eigenvalue weighted by Crippen LogP contribution is 2.24. The second-order valence-electron chi connectivity index (χ2n) is 15.6. The molecule has 0 N–H and O–H groups in total. The van der Waals surface area contributed by atoms with Crippen molar-refractivity contribution >= 4 is 21.6 Å². The largest absolute Gasteiger partial charge is 0.494 e. The van der Waals surface area contributed by atoms with Crippen LogP contribution in [0.3, 0.4) is 0 Å². The van der Waals surface area contributed by atoms with E-state index in [1.165, 1.54) is 75.6 Å². The van der Waals surface area contributed by atoms with E-state index in [9.17, 15) is 17.6 Å². The number of hydrogen-bond acceptors (Lipinski definition) is 4. The van der Waals surface area contributed by atoms with Crippen molar-refractivity contribution in [3.63, 3.8) is 0 Å². The van der Waals surface area contributed by atoms with Crippen molar-refractivity contribution in [3.05, 3.63) is 129 Å². The molecule has 0 aliphatic heterocycles. The van der Waals surface area contributed by atoms with Crippen LogP contribution in [0.25, 0.3) is 0 Å². The molecule has 0 fully saturated rings. The van der Waals surface area contributed by atoms with E-state index in [-0.39, 0.29) is 11.1 Å². The quantitative estimate of drug-likeness (QED) is 0.0285. The van der Waals surface area contributed by atoms with Crippen LogP contribution < -0.4 is 9.47 Å². The zero-order valence-electron chi connectivity index (χ0n) is 37.6. The maximum Gasteiger partial charge on any atom is 0.143 e. The maximum atomic E-state index is 14.8. The second-order valence-corrected chi connectivity index (χ2v) is 18.3. The van der Waals surface area contributed by atoms with Gasteiger partial charge < -0.3 is 9.47 Å². The molecule has 0 spiro atoms. The zero-order valence-corrected chi connectivity index (χ0v) is 39.3. The maximum absolute atomic E-state index is 14.8. The van der Waals surface area contributed by atoms with Gasteiger partial charge in [0.15, 0.2) is 0 Å².